The number of pyridine rings is 1. The smallest absolute Gasteiger partial charge is 0.142 e. The lowest BCUT2D eigenvalue weighted by Crippen LogP contribution is -2.47. The molecule has 2 aromatic heterocycles. The molecule has 0 radical (unpaired) electrons. The monoisotopic (exact) mass is 417 g/mol. The number of aryl methyl sites for hydroxylation is 1. The molecule has 31 heavy (non-hydrogen) atoms. The van der Waals surface area contributed by atoms with Crippen molar-refractivity contribution in [2.75, 3.05) is 49.1 Å². The Hall–Kier alpha value is -2.53. The normalized spacial score (nSPS) is 19.5. The Labute approximate surface area is 186 Å². The van der Waals surface area contributed by atoms with E-state index in [1.54, 1.807) is 0 Å². The van der Waals surface area contributed by atoms with Gasteiger partial charge in [-0.25, -0.2) is 4.98 Å². The zero-order chi connectivity index (χ0) is 21.4. The first-order valence-electron chi connectivity index (χ1n) is 11.8. The van der Waals surface area contributed by atoms with E-state index in [1.807, 2.05) is 0 Å². The van der Waals surface area contributed by atoms with E-state index in [-0.39, 0.29) is 0 Å². The quantitative estimate of drug-likeness (QED) is 0.609. The Balaban J connectivity index is 1.28. The molecule has 3 aromatic rings. The third-order valence-electron chi connectivity index (χ3n) is 7.34. The average molecular weight is 418 g/mol. The summed E-state index contributed by atoms with van der Waals surface area (Å²) in [6.45, 7) is 14.4. The number of nitrogens with zero attached hydrogens (tertiary/aromatic N) is 5. The number of anilines is 2. The van der Waals surface area contributed by atoms with Crippen molar-refractivity contribution in [3.63, 3.8) is 0 Å². The maximum atomic E-state index is 5.11. The van der Waals surface area contributed by atoms with E-state index < -0.39 is 0 Å². The summed E-state index contributed by atoms with van der Waals surface area (Å²) in [5, 5.41) is 1.24. The lowest BCUT2D eigenvalue weighted by molar-refractivity contribution is 0.169. The highest BCUT2D eigenvalue weighted by atomic mass is 15.3. The summed E-state index contributed by atoms with van der Waals surface area (Å²) in [6.07, 6.45) is 4.83. The van der Waals surface area contributed by atoms with E-state index in [1.165, 1.54) is 36.0 Å². The molecule has 0 N–H and O–H groups in total. The molecule has 4 heterocycles. The molecule has 5 rings (SSSR count). The van der Waals surface area contributed by atoms with Crippen molar-refractivity contribution in [3.8, 4) is 0 Å². The molecule has 0 unspecified atom stereocenters. The lowest BCUT2D eigenvalue weighted by atomic mass is 10.0. The van der Waals surface area contributed by atoms with Crippen molar-refractivity contribution in [3.05, 3.63) is 54.2 Å². The highest BCUT2D eigenvalue weighted by Crippen LogP contribution is 2.28. The van der Waals surface area contributed by atoms with Crippen LogP contribution in [0.25, 0.3) is 11.0 Å². The van der Waals surface area contributed by atoms with Gasteiger partial charge in [0.05, 0.1) is 0 Å². The van der Waals surface area contributed by atoms with Gasteiger partial charge in [-0.3, -0.25) is 4.90 Å². The predicted molar refractivity (Wildman–Crippen MR) is 130 cm³/mol. The van der Waals surface area contributed by atoms with Crippen LogP contribution in [0.2, 0.25) is 0 Å². The van der Waals surface area contributed by atoms with Crippen molar-refractivity contribution >= 4 is 22.5 Å². The number of piperazine rings is 1. The maximum absolute atomic E-state index is 5.11. The third kappa shape index (κ3) is 4.03. The van der Waals surface area contributed by atoms with E-state index in [2.05, 4.69) is 88.7 Å². The summed E-state index contributed by atoms with van der Waals surface area (Å²) >= 11 is 0. The molecule has 0 aliphatic carbocycles. The van der Waals surface area contributed by atoms with E-state index >= 15 is 0 Å². The molecule has 0 atom stereocenters. The topological polar surface area (TPSA) is 27.5 Å². The zero-order valence-corrected chi connectivity index (χ0v) is 19.2. The molecule has 1 aromatic carbocycles. The van der Waals surface area contributed by atoms with Gasteiger partial charge in [0.25, 0.3) is 0 Å². The third-order valence-corrected chi connectivity index (χ3v) is 7.34. The lowest BCUT2D eigenvalue weighted by Gasteiger charge is -2.37. The molecular formula is C26H35N5. The van der Waals surface area contributed by atoms with Crippen molar-refractivity contribution < 1.29 is 0 Å². The highest BCUT2D eigenvalue weighted by molar-refractivity contribution is 5.78. The van der Waals surface area contributed by atoms with Gasteiger partial charge in [0.2, 0.25) is 0 Å². The number of likely N-dealkylation sites (tertiary alicyclic amines) is 1. The van der Waals surface area contributed by atoms with Gasteiger partial charge < -0.3 is 14.4 Å². The van der Waals surface area contributed by atoms with Crippen LogP contribution in [-0.4, -0.2) is 59.3 Å². The predicted octanol–water partition coefficient (Wildman–Crippen LogP) is 4.55. The van der Waals surface area contributed by atoms with E-state index in [4.69, 9.17) is 4.98 Å². The number of para-hydroxylation sites is 1. The van der Waals surface area contributed by atoms with Crippen molar-refractivity contribution in [1.82, 2.24) is 14.5 Å². The summed E-state index contributed by atoms with van der Waals surface area (Å²) in [4.78, 5) is 12.7. The number of rotatable bonds is 5. The molecular weight excluding hydrogens is 382 g/mol. The first-order chi connectivity index (χ1) is 15.0. The van der Waals surface area contributed by atoms with Gasteiger partial charge in [0.15, 0.2) is 0 Å². The fraction of sp³-hybridized carbons (Fsp3) is 0.500. The Bertz CT molecular complexity index is 1040. The van der Waals surface area contributed by atoms with Gasteiger partial charge in [0, 0.05) is 62.1 Å². The standard InChI is InChI=1S/C26H35N5/c1-21-7-4-5-8-23(21)28-15-17-29(18-16-28)24-10-9-22-11-14-30(25(22)27-24)19-20-31-13-6-12-26(31,2)3/h4-5,7-11,14H,6,12-13,15-20H2,1-3H3. The van der Waals surface area contributed by atoms with Crippen LogP contribution in [0.15, 0.2) is 48.7 Å². The number of hydrogen-bond acceptors (Lipinski definition) is 4. The largest absolute Gasteiger partial charge is 0.368 e. The SMILES string of the molecule is Cc1ccccc1N1CCN(c2ccc3ccn(CCN4CCCC4(C)C)c3n2)CC1. The van der Waals surface area contributed by atoms with Crippen LogP contribution in [0.3, 0.4) is 0 Å². The average Bonchev–Trinajstić information content (AvgIpc) is 3.34. The second-order valence-electron chi connectivity index (χ2n) is 9.76. The Kier molecular flexibility index (Phi) is 5.39. The molecule has 0 saturated carbocycles. The summed E-state index contributed by atoms with van der Waals surface area (Å²) in [6, 6.07) is 15.3. The van der Waals surface area contributed by atoms with Crippen molar-refractivity contribution in [2.45, 2.75) is 45.7 Å². The summed E-state index contributed by atoms with van der Waals surface area (Å²) < 4.78 is 2.34. The van der Waals surface area contributed by atoms with Gasteiger partial charge in [-0.2, -0.15) is 0 Å². The minimum absolute atomic E-state index is 0.332. The zero-order valence-electron chi connectivity index (χ0n) is 19.2. The Morgan fingerprint density at radius 1 is 0.871 bits per heavy atom. The van der Waals surface area contributed by atoms with Crippen LogP contribution >= 0.6 is 0 Å². The second-order valence-corrected chi connectivity index (χ2v) is 9.76. The molecule has 2 fully saturated rings. The fourth-order valence-corrected chi connectivity index (χ4v) is 5.31. The van der Waals surface area contributed by atoms with Gasteiger partial charge in [-0.1, -0.05) is 18.2 Å². The van der Waals surface area contributed by atoms with Gasteiger partial charge in [-0.15, -0.1) is 0 Å². The van der Waals surface area contributed by atoms with Gasteiger partial charge >= 0.3 is 0 Å². The summed E-state index contributed by atoms with van der Waals surface area (Å²) in [5.41, 5.74) is 4.17. The minimum Gasteiger partial charge on any atom is -0.368 e. The molecule has 5 heteroatoms. The molecule has 164 valence electrons. The first-order valence-corrected chi connectivity index (χ1v) is 11.8. The molecule has 0 bridgehead atoms. The van der Waals surface area contributed by atoms with Gasteiger partial charge in [0.1, 0.15) is 11.5 Å². The van der Waals surface area contributed by atoms with Crippen LogP contribution in [-0.2, 0) is 6.54 Å². The summed E-state index contributed by atoms with van der Waals surface area (Å²) in [5.74, 6) is 1.11. The molecule has 2 saturated heterocycles. The van der Waals surface area contributed by atoms with Crippen LogP contribution in [0.5, 0.6) is 0 Å². The number of aromatic nitrogens is 2. The number of hydrogen-bond donors (Lipinski definition) is 0. The fourth-order valence-electron chi connectivity index (χ4n) is 5.31. The number of fused-ring (bicyclic) bond motifs is 1. The van der Waals surface area contributed by atoms with Crippen LogP contribution in [0.1, 0.15) is 32.3 Å². The molecule has 0 spiro atoms. The van der Waals surface area contributed by atoms with E-state index in [0.717, 1.165) is 50.7 Å². The van der Waals surface area contributed by atoms with Crippen molar-refractivity contribution in [2.24, 2.45) is 0 Å². The molecule has 5 nitrogen and oxygen atoms in total. The van der Waals surface area contributed by atoms with Gasteiger partial charge in [-0.05, 0) is 70.0 Å². The minimum atomic E-state index is 0.332. The van der Waals surface area contributed by atoms with Crippen LogP contribution < -0.4 is 9.80 Å². The first kappa shape index (κ1) is 20.4. The second kappa shape index (κ2) is 8.19. The number of benzene rings is 1. The highest BCUT2D eigenvalue weighted by Gasteiger charge is 2.31. The molecule has 0 amide bonds. The van der Waals surface area contributed by atoms with E-state index in [9.17, 15) is 0 Å². The summed E-state index contributed by atoms with van der Waals surface area (Å²) in [7, 11) is 0. The molecule has 2 aliphatic rings. The molecule has 2 aliphatic heterocycles. The van der Waals surface area contributed by atoms with Crippen LogP contribution in [0.4, 0.5) is 11.5 Å². The van der Waals surface area contributed by atoms with E-state index in [0.29, 0.717) is 5.54 Å². The Morgan fingerprint density at radius 2 is 1.65 bits per heavy atom. The van der Waals surface area contributed by atoms with Crippen LogP contribution in [0, 0.1) is 6.92 Å². The van der Waals surface area contributed by atoms with Crippen molar-refractivity contribution in [1.29, 1.82) is 0 Å². The Morgan fingerprint density at radius 3 is 2.39 bits per heavy atom. The maximum Gasteiger partial charge on any atom is 0.142 e.